The highest BCUT2D eigenvalue weighted by Crippen LogP contribution is 2.18. The molecule has 0 fully saturated rings. The lowest BCUT2D eigenvalue weighted by molar-refractivity contribution is -0.140. The number of nitrogens with zero attached hydrogens (tertiary/aromatic N) is 2. The van der Waals surface area contributed by atoms with E-state index in [2.05, 4.69) is 5.32 Å². The maximum Gasteiger partial charge on any atom is 0.242 e. The van der Waals surface area contributed by atoms with Crippen LogP contribution in [0, 0.1) is 6.92 Å². The van der Waals surface area contributed by atoms with Gasteiger partial charge in [-0.05, 0) is 38.0 Å². The molecule has 0 aliphatic heterocycles. The number of sulfonamides is 1. The normalized spacial score (nSPS) is 12.1. The summed E-state index contributed by atoms with van der Waals surface area (Å²) >= 11 is 0. The number of benzene rings is 2. The highest BCUT2D eigenvalue weighted by molar-refractivity contribution is 7.92. The standard InChI is InChI=1S/C23H31N3O4S/c1-18-12-14-20(15-13-18)17-25(19(2)23(28)24-3)22(27)11-8-16-26(31(4,29)30)21-9-6-5-7-10-21/h5-7,9-10,12-15,19H,8,11,16-17H2,1-4H3,(H,24,28)/t19-/m0/s1. The van der Waals surface area contributed by atoms with E-state index in [-0.39, 0.29) is 24.8 Å². The number of nitrogens with one attached hydrogen (secondary N) is 1. The molecule has 2 amide bonds. The molecule has 2 aromatic carbocycles. The number of aryl methyl sites for hydroxylation is 1. The maximum absolute atomic E-state index is 13.0. The summed E-state index contributed by atoms with van der Waals surface area (Å²) in [4.78, 5) is 26.8. The molecule has 168 valence electrons. The van der Waals surface area contributed by atoms with Crippen molar-refractivity contribution in [2.24, 2.45) is 0 Å². The molecule has 0 unspecified atom stereocenters. The second kappa shape index (κ2) is 10.9. The van der Waals surface area contributed by atoms with Crippen LogP contribution in [0.4, 0.5) is 5.69 Å². The highest BCUT2D eigenvalue weighted by Gasteiger charge is 2.26. The number of hydrogen-bond donors (Lipinski definition) is 1. The zero-order valence-corrected chi connectivity index (χ0v) is 19.4. The molecule has 0 saturated heterocycles. The molecule has 1 atom stereocenters. The Labute approximate surface area is 185 Å². The zero-order valence-electron chi connectivity index (χ0n) is 18.5. The van der Waals surface area contributed by atoms with E-state index in [0.717, 1.165) is 17.4 Å². The Morgan fingerprint density at radius 2 is 1.65 bits per heavy atom. The summed E-state index contributed by atoms with van der Waals surface area (Å²) in [5, 5.41) is 2.59. The van der Waals surface area contributed by atoms with Gasteiger partial charge in [-0.3, -0.25) is 13.9 Å². The van der Waals surface area contributed by atoms with Gasteiger partial charge in [0.15, 0.2) is 0 Å². The van der Waals surface area contributed by atoms with Crippen molar-refractivity contribution in [3.8, 4) is 0 Å². The number of likely N-dealkylation sites (N-methyl/N-ethyl adjacent to an activating group) is 1. The maximum atomic E-state index is 13.0. The van der Waals surface area contributed by atoms with Gasteiger partial charge in [-0.25, -0.2) is 8.42 Å². The topological polar surface area (TPSA) is 86.8 Å². The van der Waals surface area contributed by atoms with Crippen LogP contribution in [0.5, 0.6) is 0 Å². The minimum atomic E-state index is -3.48. The second-order valence-corrected chi connectivity index (χ2v) is 9.48. The molecule has 2 aromatic rings. The summed E-state index contributed by atoms with van der Waals surface area (Å²) in [6.45, 7) is 4.17. The van der Waals surface area contributed by atoms with Crippen LogP contribution < -0.4 is 9.62 Å². The molecule has 2 rings (SSSR count). The molecule has 0 aliphatic carbocycles. The Hall–Kier alpha value is -2.87. The van der Waals surface area contributed by atoms with Gasteiger partial charge < -0.3 is 10.2 Å². The monoisotopic (exact) mass is 445 g/mol. The average molecular weight is 446 g/mol. The van der Waals surface area contributed by atoms with Gasteiger partial charge in [-0.2, -0.15) is 0 Å². The van der Waals surface area contributed by atoms with Gasteiger partial charge in [-0.15, -0.1) is 0 Å². The van der Waals surface area contributed by atoms with Crippen molar-refractivity contribution in [3.05, 3.63) is 65.7 Å². The van der Waals surface area contributed by atoms with Crippen LogP contribution in [0.2, 0.25) is 0 Å². The number of carbonyl (C=O) groups excluding carboxylic acids is 2. The van der Waals surface area contributed by atoms with Crippen molar-refractivity contribution in [2.75, 3.05) is 24.2 Å². The Kier molecular flexibility index (Phi) is 8.62. The Bertz CT molecular complexity index is 976. The SMILES string of the molecule is CNC(=O)[C@H](C)N(Cc1ccc(C)cc1)C(=O)CCCN(c1ccccc1)S(C)(=O)=O. The number of carbonyl (C=O) groups is 2. The first-order chi connectivity index (χ1) is 14.6. The summed E-state index contributed by atoms with van der Waals surface area (Å²) in [6.07, 6.45) is 1.62. The quantitative estimate of drug-likeness (QED) is 0.609. The summed E-state index contributed by atoms with van der Waals surface area (Å²) in [5.74, 6) is -0.444. The summed E-state index contributed by atoms with van der Waals surface area (Å²) in [5.41, 5.74) is 2.60. The van der Waals surface area contributed by atoms with Crippen LogP contribution in [-0.4, -0.2) is 51.0 Å². The van der Waals surface area contributed by atoms with E-state index in [1.165, 1.54) is 16.3 Å². The number of hydrogen-bond acceptors (Lipinski definition) is 4. The fraction of sp³-hybridized carbons (Fsp3) is 0.391. The van der Waals surface area contributed by atoms with Crippen LogP contribution in [0.15, 0.2) is 54.6 Å². The van der Waals surface area contributed by atoms with Gasteiger partial charge in [0.1, 0.15) is 6.04 Å². The molecular formula is C23H31N3O4S. The van der Waals surface area contributed by atoms with E-state index in [1.54, 1.807) is 31.2 Å². The largest absolute Gasteiger partial charge is 0.357 e. The van der Waals surface area contributed by atoms with Crippen molar-refractivity contribution in [3.63, 3.8) is 0 Å². The van der Waals surface area contributed by atoms with Crippen molar-refractivity contribution in [1.29, 1.82) is 0 Å². The number of amides is 2. The first-order valence-electron chi connectivity index (χ1n) is 10.2. The summed E-state index contributed by atoms with van der Waals surface area (Å²) in [6, 6.07) is 16.0. The van der Waals surface area contributed by atoms with Crippen molar-refractivity contribution < 1.29 is 18.0 Å². The molecule has 7 nitrogen and oxygen atoms in total. The number of rotatable bonds is 10. The predicted octanol–water partition coefficient (Wildman–Crippen LogP) is 2.70. The number of para-hydroxylation sites is 1. The molecule has 31 heavy (non-hydrogen) atoms. The van der Waals surface area contributed by atoms with Gasteiger partial charge in [0.05, 0.1) is 11.9 Å². The van der Waals surface area contributed by atoms with Crippen molar-refractivity contribution in [2.45, 2.75) is 39.3 Å². The smallest absolute Gasteiger partial charge is 0.242 e. The van der Waals surface area contributed by atoms with E-state index >= 15 is 0 Å². The first-order valence-corrected chi connectivity index (χ1v) is 12.1. The molecule has 0 aromatic heterocycles. The minimum Gasteiger partial charge on any atom is -0.357 e. The molecule has 0 radical (unpaired) electrons. The summed E-state index contributed by atoms with van der Waals surface area (Å²) in [7, 11) is -1.94. The van der Waals surface area contributed by atoms with Crippen molar-refractivity contribution in [1.82, 2.24) is 10.2 Å². The van der Waals surface area contributed by atoms with E-state index in [4.69, 9.17) is 0 Å². The minimum absolute atomic E-state index is 0.131. The van der Waals surface area contributed by atoms with Gasteiger partial charge in [0.25, 0.3) is 0 Å². The Morgan fingerprint density at radius 1 is 1.03 bits per heavy atom. The lowest BCUT2D eigenvalue weighted by Crippen LogP contribution is -2.46. The van der Waals surface area contributed by atoms with Crippen LogP contribution in [-0.2, 0) is 26.2 Å². The fourth-order valence-corrected chi connectivity index (χ4v) is 4.25. The Morgan fingerprint density at radius 3 is 2.19 bits per heavy atom. The van der Waals surface area contributed by atoms with Crippen LogP contribution in [0.25, 0.3) is 0 Å². The van der Waals surface area contributed by atoms with E-state index in [9.17, 15) is 18.0 Å². The molecule has 0 aliphatic rings. The third kappa shape index (κ3) is 7.10. The van der Waals surface area contributed by atoms with Crippen LogP contribution >= 0.6 is 0 Å². The molecule has 8 heteroatoms. The van der Waals surface area contributed by atoms with E-state index in [1.807, 2.05) is 37.3 Å². The molecular weight excluding hydrogens is 414 g/mol. The number of anilines is 1. The second-order valence-electron chi connectivity index (χ2n) is 7.57. The van der Waals surface area contributed by atoms with Gasteiger partial charge in [0.2, 0.25) is 21.8 Å². The average Bonchev–Trinajstić information content (AvgIpc) is 2.74. The summed E-state index contributed by atoms with van der Waals surface area (Å²) < 4.78 is 25.7. The zero-order chi connectivity index (χ0) is 23.0. The van der Waals surface area contributed by atoms with Crippen LogP contribution in [0.1, 0.15) is 30.9 Å². The molecule has 0 heterocycles. The molecule has 0 saturated carbocycles. The predicted molar refractivity (Wildman–Crippen MR) is 123 cm³/mol. The van der Waals surface area contributed by atoms with Crippen molar-refractivity contribution >= 4 is 27.5 Å². The lowest BCUT2D eigenvalue weighted by Gasteiger charge is -2.29. The van der Waals surface area contributed by atoms with Gasteiger partial charge in [-0.1, -0.05) is 48.0 Å². The fourth-order valence-electron chi connectivity index (χ4n) is 3.28. The van der Waals surface area contributed by atoms with E-state index < -0.39 is 16.1 Å². The van der Waals surface area contributed by atoms with Gasteiger partial charge in [0, 0.05) is 26.6 Å². The lowest BCUT2D eigenvalue weighted by atomic mass is 10.1. The third-order valence-corrected chi connectivity index (χ3v) is 6.28. The highest BCUT2D eigenvalue weighted by atomic mass is 32.2. The Balaban J connectivity index is 2.11. The molecule has 0 spiro atoms. The van der Waals surface area contributed by atoms with Gasteiger partial charge >= 0.3 is 0 Å². The third-order valence-electron chi connectivity index (χ3n) is 5.08. The molecule has 0 bridgehead atoms. The molecule has 1 N–H and O–H groups in total. The first kappa shape index (κ1) is 24.4. The van der Waals surface area contributed by atoms with Crippen LogP contribution in [0.3, 0.4) is 0 Å². The van der Waals surface area contributed by atoms with E-state index in [0.29, 0.717) is 18.7 Å².